The van der Waals surface area contributed by atoms with Gasteiger partial charge >= 0.3 is 5.97 Å². The van der Waals surface area contributed by atoms with Crippen molar-refractivity contribution in [3.63, 3.8) is 0 Å². The summed E-state index contributed by atoms with van der Waals surface area (Å²) in [4.78, 5) is 12.0. The third-order valence-electron chi connectivity index (χ3n) is 6.63. The van der Waals surface area contributed by atoms with Crippen molar-refractivity contribution < 1.29 is 15.0 Å². The lowest BCUT2D eigenvalue weighted by atomic mass is 9.49. The second-order valence-electron chi connectivity index (χ2n) is 8.26. The Morgan fingerprint density at radius 1 is 1.26 bits per heavy atom. The lowest BCUT2D eigenvalue weighted by Crippen LogP contribution is -2.52. The van der Waals surface area contributed by atoms with E-state index in [1.54, 1.807) is 0 Å². The summed E-state index contributed by atoms with van der Waals surface area (Å²) in [6, 6.07) is 3.87. The van der Waals surface area contributed by atoms with E-state index in [4.69, 9.17) is 0 Å². The molecule has 3 heteroatoms. The molecule has 1 fully saturated rings. The van der Waals surface area contributed by atoms with E-state index in [2.05, 4.69) is 26.8 Å². The minimum atomic E-state index is -0.653. The molecule has 0 spiro atoms. The van der Waals surface area contributed by atoms with E-state index in [9.17, 15) is 15.0 Å². The molecule has 0 radical (unpaired) electrons. The normalized spacial score (nSPS) is 33.2. The second kappa shape index (κ2) is 5.25. The van der Waals surface area contributed by atoms with Gasteiger partial charge in [-0.1, -0.05) is 33.3 Å². The minimum absolute atomic E-state index is 0.101. The summed E-state index contributed by atoms with van der Waals surface area (Å²) in [6.45, 7) is 8.42. The van der Waals surface area contributed by atoms with Gasteiger partial charge in [0.05, 0.1) is 5.41 Å². The van der Waals surface area contributed by atoms with Crippen LogP contribution in [0.1, 0.15) is 76.0 Å². The zero-order valence-electron chi connectivity index (χ0n) is 14.6. The molecule has 1 saturated carbocycles. The monoisotopic (exact) mass is 316 g/mol. The van der Waals surface area contributed by atoms with E-state index >= 15 is 0 Å². The van der Waals surface area contributed by atoms with Gasteiger partial charge in [-0.2, -0.15) is 0 Å². The highest BCUT2D eigenvalue weighted by Gasteiger charge is 2.55. The first-order chi connectivity index (χ1) is 10.7. The molecular weight excluding hydrogens is 288 g/mol. The number of aliphatic carboxylic acids is 1. The number of phenolic OH excluding ortho intramolecular Hbond substituents is 1. The van der Waals surface area contributed by atoms with Crippen LogP contribution in [0.15, 0.2) is 12.1 Å². The lowest BCUT2D eigenvalue weighted by Gasteiger charge is -2.54. The molecule has 0 saturated heterocycles. The number of hydrogen-bond acceptors (Lipinski definition) is 2. The van der Waals surface area contributed by atoms with Crippen LogP contribution in [-0.4, -0.2) is 16.2 Å². The summed E-state index contributed by atoms with van der Waals surface area (Å²) in [5.41, 5.74) is 2.87. The highest BCUT2D eigenvalue weighted by Crippen LogP contribution is 2.58. The summed E-state index contributed by atoms with van der Waals surface area (Å²) in [6.07, 6.45) is 4.53. The number of hydrogen-bond donors (Lipinski definition) is 2. The van der Waals surface area contributed by atoms with Crippen LogP contribution in [0.3, 0.4) is 0 Å². The first kappa shape index (κ1) is 16.4. The van der Waals surface area contributed by atoms with Crippen LogP contribution in [0.2, 0.25) is 0 Å². The summed E-state index contributed by atoms with van der Waals surface area (Å²) >= 11 is 0. The molecule has 2 N–H and O–H groups in total. The van der Waals surface area contributed by atoms with Crippen molar-refractivity contribution in [1.29, 1.82) is 0 Å². The quantitative estimate of drug-likeness (QED) is 0.837. The Labute approximate surface area is 138 Å². The molecular formula is C20H28O3. The van der Waals surface area contributed by atoms with E-state index in [1.807, 2.05) is 13.0 Å². The third-order valence-corrected chi connectivity index (χ3v) is 6.63. The Morgan fingerprint density at radius 2 is 1.96 bits per heavy atom. The Kier molecular flexibility index (Phi) is 3.74. The second-order valence-corrected chi connectivity index (χ2v) is 8.26. The number of rotatable bonds is 2. The van der Waals surface area contributed by atoms with Crippen LogP contribution in [0.5, 0.6) is 5.75 Å². The average molecular weight is 316 g/mol. The van der Waals surface area contributed by atoms with Crippen molar-refractivity contribution in [2.45, 2.75) is 71.1 Å². The van der Waals surface area contributed by atoms with Gasteiger partial charge in [-0.3, -0.25) is 4.79 Å². The minimum Gasteiger partial charge on any atom is -0.508 e. The fourth-order valence-electron chi connectivity index (χ4n) is 5.48. The maximum absolute atomic E-state index is 12.0. The molecule has 0 aliphatic heterocycles. The van der Waals surface area contributed by atoms with E-state index in [0.29, 0.717) is 5.75 Å². The third kappa shape index (κ3) is 2.20. The van der Waals surface area contributed by atoms with Crippen LogP contribution in [0.4, 0.5) is 0 Å². The molecule has 0 aromatic heterocycles. The number of benzene rings is 1. The Bertz CT molecular complexity index is 649. The predicted octanol–water partition coefficient (Wildman–Crippen LogP) is 4.61. The van der Waals surface area contributed by atoms with Crippen LogP contribution >= 0.6 is 0 Å². The van der Waals surface area contributed by atoms with Crippen molar-refractivity contribution >= 4 is 5.97 Å². The zero-order valence-corrected chi connectivity index (χ0v) is 14.6. The molecule has 0 amide bonds. The molecule has 3 nitrogen and oxygen atoms in total. The van der Waals surface area contributed by atoms with Crippen molar-refractivity contribution in [3.8, 4) is 5.75 Å². The van der Waals surface area contributed by atoms with Crippen molar-refractivity contribution in [2.75, 3.05) is 0 Å². The topological polar surface area (TPSA) is 57.5 Å². The molecule has 3 unspecified atom stereocenters. The summed E-state index contributed by atoms with van der Waals surface area (Å²) in [7, 11) is 0. The maximum atomic E-state index is 12.0. The van der Waals surface area contributed by atoms with Gasteiger partial charge in [-0.05, 0) is 72.6 Å². The van der Waals surface area contributed by atoms with E-state index in [1.165, 1.54) is 11.1 Å². The number of carboxylic acid groups (broad SMARTS) is 1. The van der Waals surface area contributed by atoms with E-state index in [0.717, 1.165) is 37.7 Å². The Hall–Kier alpha value is -1.51. The highest BCUT2D eigenvalue weighted by molar-refractivity contribution is 5.75. The SMILES string of the molecule is CC(C)c1c(O)ccc2c1CCC1C(C)(C(=O)O)CCCC21C. The highest BCUT2D eigenvalue weighted by atomic mass is 16.4. The van der Waals surface area contributed by atoms with Crippen molar-refractivity contribution in [1.82, 2.24) is 0 Å². The Balaban J connectivity index is 2.17. The van der Waals surface area contributed by atoms with Gasteiger partial charge < -0.3 is 10.2 Å². The molecule has 3 atom stereocenters. The zero-order chi connectivity index (χ0) is 17.0. The van der Waals surface area contributed by atoms with Gasteiger partial charge in [0, 0.05) is 0 Å². The average Bonchev–Trinajstić information content (AvgIpc) is 2.45. The first-order valence-electron chi connectivity index (χ1n) is 8.80. The van der Waals surface area contributed by atoms with Gasteiger partial charge in [-0.25, -0.2) is 0 Å². The number of carbonyl (C=O) groups is 1. The largest absolute Gasteiger partial charge is 0.508 e. The lowest BCUT2D eigenvalue weighted by molar-refractivity contribution is -0.157. The molecule has 1 aromatic rings. The summed E-state index contributed by atoms with van der Waals surface area (Å²) in [5, 5.41) is 20.2. The number of fused-ring (bicyclic) bond motifs is 3. The number of phenols is 1. The molecule has 126 valence electrons. The fraction of sp³-hybridized carbons (Fsp3) is 0.650. The Morgan fingerprint density at radius 3 is 2.57 bits per heavy atom. The van der Waals surface area contributed by atoms with Crippen LogP contribution < -0.4 is 0 Å². The summed E-state index contributed by atoms with van der Waals surface area (Å²) < 4.78 is 0. The van der Waals surface area contributed by atoms with Gasteiger partial charge in [0.15, 0.2) is 0 Å². The standard InChI is InChI=1S/C20H28O3/c1-12(2)17-13-6-9-16-19(3,14(13)7-8-15(17)21)10-5-11-20(16,4)18(22)23/h7-8,12,16,21H,5-6,9-11H2,1-4H3,(H,22,23). The number of aromatic hydroxyl groups is 1. The molecule has 0 heterocycles. The van der Waals surface area contributed by atoms with Gasteiger partial charge in [0.1, 0.15) is 5.75 Å². The van der Waals surface area contributed by atoms with Crippen LogP contribution in [0.25, 0.3) is 0 Å². The van der Waals surface area contributed by atoms with Crippen molar-refractivity contribution in [3.05, 3.63) is 28.8 Å². The van der Waals surface area contributed by atoms with E-state index < -0.39 is 11.4 Å². The molecule has 2 aliphatic carbocycles. The molecule has 3 rings (SSSR count). The first-order valence-corrected chi connectivity index (χ1v) is 8.80. The van der Waals surface area contributed by atoms with Gasteiger partial charge in [-0.15, -0.1) is 0 Å². The van der Waals surface area contributed by atoms with Crippen molar-refractivity contribution in [2.24, 2.45) is 11.3 Å². The van der Waals surface area contributed by atoms with Gasteiger partial charge in [0.25, 0.3) is 0 Å². The van der Waals surface area contributed by atoms with Crippen LogP contribution in [0, 0.1) is 11.3 Å². The predicted molar refractivity (Wildman–Crippen MR) is 91.0 cm³/mol. The number of carboxylic acids is 1. The van der Waals surface area contributed by atoms with Crippen LogP contribution in [-0.2, 0) is 16.6 Å². The molecule has 23 heavy (non-hydrogen) atoms. The fourth-order valence-corrected chi connectivity index (χ4v) is 5.48. The van der Waals surface area contributed by atoms with E-state index in [-0.39, 0.29) is 17.3 Å². The summed E-state index contributed by atoms with van der Waals surface area (Å²) in [5.74, 6) is 0.176. The maximum Gasteiger partial charge on any atom is 0.309 e. The smallest absolute Gasteiger partial charge is 0.309 e. The molecule has 1 aromatic carbocycles. The van der Waals surface area contributed by atoms with Gasteiger partial charge in [0.2, 0.25) is 0 Å². The molecule has 2 aliphatic rings. The molecule has 0 bridgehead atoms.